The molecule has 1 aliphatic rings. The van der Waals surface area contributed by atoms with Crippen molar-refractivity contribution in [1.29, 1.82) is 0 Å². The Morgan fingerprint density at radius 3 is 2.33 bits per heavy atom. The minimum Gasteiger partial charge on any atom is -0.481 e. The first-order valence-electron chi connectivity index (χ1n) is 4.48. The summed E-state index contributed by atoms with van der Waals surface area (Å²) in [4.78, 5) is 11.0. The van der Waals surface area contributed by atoms with E-state index >= 15 is 0 Å². The van der Waals surface area contributed by atoms with Gasteiger partial charge in [0.15, 0.2) is 0 Å². The molecule has 1 aliphatic carbocycles. The lowest BCUT2D eigenvalue weighted by Gasteiger charge is -2.29. The third-order valence-electron chi connectivity index (χ3n) is 3.14. The molecule has 1 atom stereocenters. The summed E-state index contributed by atoms with van der Waals surface area (Å²) in [7, 11) is 0. The number of hydrogen-bond donors (Lipinski definition) is 2. The topological polar surface area (TPSA) is 57.5 Å². The van der Waals surface area contributed by atoms with Crippen LogP contribution in [0.1, 0.15) is 32.6 Å². The third kappa shape index (κ3) is 1.33. The van der Waals surface area contributed by atoms with Crippen LogP contribution < -0.4 is 0 Å². The molecule has 1 fully saturated rings. The lowest BCUT2D eigenvalue weighted by Crippen LogP contribution is -2.36. The molecule has 12 heavy (non-hydrogen) atoms. The Morgan fingerprint density at radius 2 is 2.00 bits per heavy atom. The highest BCUT2D eigenvalue weighted by Crippen LogP contribution is 2.44. The zero-order valence-electron chi connectivity index (χ0n) is 7.42. The van der Waals surface area contributed by atoms with Crippen molar-refractivity contribution in [2.75, 3.05) is 6.61 Å². The third-order valence-corrected chi connectivity index (χ3v) is 3.14. The van der Waals surface area contributed by atoms with Crippen molar-refractivity contribution in [1.82, 2.24) is 0 Å². The van der Waals surface area contributed by atoms with E-state index < -0.39 is 11.4 Å². The van der Waals surface area contributed by atoms with E-state index in [0.717, 1.165) is 25.7 Å². The first-order valence-corrected chi connectivity index (χ1v) is 4.48. The van der Waals surface area contributed by atoms with Gasteiger partial charge in [-0.05, 0) is 18.8 Å². The van der Waals surface area contributed by atoms with E-state index in [1.807, 2.05) is 6.92 Å². The maximum Gasteiger partial charge on any atom is 0.309 e. The lowest BCUT2D eigenvalue weighted by molar-refractivity contribution is -0.153. The van der Waals surface area contributed by atoms with Gasteiger partial charge in [-0.1, -0.05) is 19.8 Å². The number of aliphatic carboxylic acids is 1. The van der Waals surface area contributed by atoms with Gasteiger partial charge >= 0.3 is 5.97 Å². The van der Waals surface area contributed by atoms with E-state index in [9.17, 15) is 4.79 Å². The van der Waals surface area contributed by atoms with E-state index in [2.05, 4.69) is 0 Å². The molecule has 0 spiro atoms. The molecule has 3 nitrogen and oxygen atoms in total. The van der Waals surface area contributed by atoms with Gasteiger partial charge in [0.25, 0.3) is 0 Å². The number of carbonyl (C=O) groups is 1. The monoisotopic (exact) mass is 172 g/mol. The fourth-order valence-corrected chi connectivity index (χ4v) is 2.10. The van der Waals surface area contributed by atoms with Crippen molar-refractivity contribution < 1.29 is 15.0 Å². The van der Waals surface area contributed by atoms with Gasteiger partial charge in [0.2, 0.25) is 0 Å². The van der Waals surface area contributed by atoms with E-state index in [1.165, 1.54) is 0 Å². The van der Waals surface area contributed by atoms with Crippen LogP contribution in [0.5, 0.6) is 0 Å². The second-order valence-electron chi connectivity index (χ2n) is 3.75. The average Bonchev–Trinajstić information content (AvgIpc) is 2.52. The van der Waals surface area contributed by atoms with Crippen molar-refractivity contribution in [2.24, 2.45) is 11.3 Å². The second kappa shape index (κ2) is 3.44. The van der Waals surface area contributed by atoms with Crippen molar-refractivity contribution in [2.45, 2.75) is 32.6 Å². The van der Waals surface area contributed by atoms with Crippen LogP contribution in [-0.4, -0.2) is 22.8 Å². The molecular weight excluding hydrogens is 156 g/mol. The quantitative estimate of drug-likeness (QED) is 0.673. The largest absolute Gasteiger partial charge is 0.481 e. The maximum atomic E-state index is 11.0. The van der Waals surface area contributed by atoms with Crippen molar-refractivity contribution in [3.8, 4) is 0 Å². The summed E-state index contributed by atoms with van der Waals surface area (Å²) in [6, 6.07) is 0. The van der Waals surface area contributed by atoms with E-state index in [-0.39, 0.29) is 12.5 Å². The standard InChI is InChI=1S/C9H16O3/c1-7(6-10)9(8(11)12)4-2-3-5-9/h7,10H,2-6H2,1H3,(H,11,12). The summed E-state index contributed by atoms with van der Waals surface area (Å²) in [5, 5.41) is 18.0. The highest BCUT2D eigenvalue weighted by molar-refractivity contribution is 5.75. The van der Waals surface area contributed by atoms with Gasteiger partial charge in [-0.15, -0.1) is 0 Å². The van der Waals surface area contributed by atoms with Gasteiger partial charge in [0, 0.05) is 6.61 Å². The molecule has 1 unspecified atom stereocenters. The molecule has 0 aromatic heterocycles. The lowest BCUT2D eigenvalue weighted by atomic mass is 9.75. The van der Waals surface area contributed by atoms with Crippen LogP contribution in [0.15, 0.2) is 0 Å². The Balaban J connectivity index is 2.78. The van der Waals surface area contributed by atoms with Crippen LogP contribution in [0.25, 0.3) is 0 Å². The molecule has 0 bridgehead atoms. The highest BCUT2D eigenvalue weighted by atomic mass is 16.4. The Hall–Kier alpha value is -0.570. The van der Waals surface area contributed by atoms with Gasteiger partial charge in [0.1, 0.15) is 0 Å². The van der Waals surface area contributed by atoms with E-state index in [0.29, 0.717) is 0 Å². The minimum absolute atomic E-state index is 0.0215. The Kier molecular flexibility index (Phi) is 2.73. The summed E-state index contributed by atoms with van der Waals surface area (Å²) in [5.74, 6) is -0.848. The fourth-order valence-electron chi connectivity index (χ4n) is 2.10. The van der Waals surface area contributed by atoms with Gasteiger partial charge in [0.05, 0.1) is 5.41 Å². The smallest absolute Gasteiger partial charge is 0.309 e. The van der Waals surface area contributed by atoms with Crippen molar-refractivity contribution >= 4 is 5.97 Å². The highest BCUT2D eigenvalue weighted by Gasteiger charge is 2.45. The SMILES string of the molecule is CC(CO)C1(C(=O)O)CCCC1. The van der Waals surface area contributed by atoms with Gasteiger partial charge in [-0.3, -0.25) is 4.79 Å². The number of carboxylic acid groups (broad SMARTS) is 1. The molecule has 0 saturated heterocycles. The summed E-state index contributed by atoms with van der Waals surface area (Å²) >= 11 is 0. The molecule has 0 aliphatic heterocycles. The first kappa shape index (κ1) is 9.52. The van der Waals surface area contributed by atoms with Crippen LogP contribution >= 0.6 is 0 Å². The molecule has 3 heteroatoms. The molecule has 0 radical (unpaired) electrons. The molecular formula is C9H16O3. The van der Waals surface area contributed by atoms with Crippen LogP contribution in [-0.2, 0) is 4.79 Å². The number of aliphatic hydroxyl groups is 1. The zero-order chi connectivity index (χ0) is 9.19. The molecule has 1 saturated carbocycles. The van der Waals surface area contributed by atoms with Crippen LogP contribution in [0.3, 0.4) is 0 Å². The summed E-state index contributed by atoms with van der Waals surface area (Å²) in [6.07, 6.45) is 3.42. The molecule has 0 amide bonds. The Labute approximate surface area is 72.4 Å². The molecule has 2 N–H and O–H groups in total. The zero-order valence-corrected chi connectivity index (χ0v) is 7.42. The molecule has 0 aromatic rings. The normalized spacial score (nSPS) is 23.8. The number of aliphatic hydroxyl groups excluding tert-OH is 1. The van der Waals surface area contributed by atoms with Gasteiger partial charge < -0.3 is 10.2 Å². The first-order chi connectivity index (χ1) is 5.63. The van der Waals surface area contributed by atoms with Crippen molar-refractivity contribution in [3.05, 3.63) is 0 Å². The van der Waals surface area contributed by atoms with E-state index in [1.54, 1.807) is 0 Å². The molecule has 70 valence electrons. The van der Waals surface area contributed by atoms with Crippen LogP contribution in [0.2, 0.25) is 0 Å². The number of carboxylic acids is 1. The van der Waals surface area contributed by atoms with Gasteiger partial charge in [-0.2, -0.15) is 0 Å². The average molecular weight is 172 g/mol. The molecule has 1 rings (SSSR count). The number of rotatable bonds is 3. The minimum atomic E-state index is -0.735. The second-order valence-corrected chi connectivity index (χ2v) is 3.75. The Morgan fingerprint density at radius 1 is 1.50 bits per heavy atom. The summed E-state index contributed by atoms with van der Waals surface area (Å²) < 4.78 is 0. The van der Waals surface area contributed by atoms with Crippen molar-refractivity contribution in [3.63, 3.8) is 0 Å². The van der Waals surface area contributed by atoms with Gasteiger partial charge in [-0.25, -0.2) is 0 Å². The summed E-state index contributed by atoms with van der Waals surface area (Å²) in [5.41, 5.74) is -0.630. The Bertz CT molecular complexity index is 171. The maximum absolute atomic E-state index is 11.0. The number of hydrogen-bond acceptors (Lipinski definition) is 2. The fraction of sp³-hybridized carbons (Fsp3) is 0.889. The van der Waals surface area contributed by atoms with Crippen LogP contribution in [0, 0.1) is 11.3 Å². The molecule has 0 heterocycles. The predicted octanol–water partition coefficient (Wildman–Crippen LogP) is 1.26. The molecule has 0 aromatic carbocycles. The van der Waals surface area contributed by atoms with E-state index in [4.69, 9.17) is 10.2 Å². The van der Waals surface area contributed by atoms with Crippen LogP contribution in [0.4, 0.5) is 0 Å². The summed E-state index contributed by atoms with van der Waals surface area (Å²) in [6.45, 7) is 1.80. The predicted molar refractivity (Wildman–Crippen MR) is 44.8 cm³/mol.